The zero-order valence-corrected chi connectivity index (χ0v) is 17.7. The molecular formula is C24H36O3. The third-order valence-corrected chi connectivity index (χ3v) is 9.18. The Bertz CT molecular complexity index is 715. The molecule has 0 bridgehead atoms. The van der Waals surface area contributed by atoms with Crippen LogP contribution in [0.5, 0.6) is 0 Å². The van der Waals surface area contributed by atoms with E-state index in [0.29, 0.717) is 18.3 Å². The molecular weight excluding hydrogens is 336 g/mol. The predicted molar refractivity (Wildman–Crippen MR) is 107 cm³/mol. The van der Waals surface area contributed by atoms with Gasteiger partial charge in [0.05, 0.1) is 13.2 Å². The summed E-state index contributed by atoms with van der Waals surface area (Å²) in [6.45, 7) is 9.41. The highest BCUT2D eigenvalue weighted by Crippen LogP contribution is 2.66. The van der Waals surface area contributed by atoms with Gasteiger partial charge in [0.1, 0.15) is 0 Å². The number of hydrogen-bond acceptors (Lipinski definition) is 3. The molecule has 4 rings (SSSR count). The summed E-state index contributed by atoms with van der Waals surface area (Å²) < 4.78 is 4.97. The maximum absolute atomic E-state index is 11.9. The van der Waals surface area contributed by atoms with Crippen molar-refractivity contribution in [3.05, 3.63) is 22.8 Å². The van der Waals surface area contributed by atoms with E-state index in [1.165, 1.54) is 13.5 Å². The van der Waals surface area contributed by atoms with Crippen LogP contribution in [0.25, 0.3) is 0 Å². The molecule has 0 heterocycles. The molecule has 0 spiro atoms. The van der Waals surface area contributed by atoms with Gasteiger partial charge in [-0.25, -0.2) is 0 Å². The van der Waals surface area contributed by atoms with E-state index in [9.17, 15) is 9.90 Å². The summed E-state index contributed by atoms with van der Waals surface area (Å²) in [5, 5.41) is 10.6. The minimum atomic E-state index is -0.179. The van der Waals surface area contributed by atoms with Gasteiger partial charge in [0.25, 0.3) is 0 Å². The first kappa shape index (κ1) is 19.2. The minimum absolute atomic E-state index is 0.0102. The normalized spacial score (nSPS) is 42.7. The summed E-state index contributed by atoms with van der Waals surface area (Å²) >= 11 is 0. The van der Waals surface area contributed by atoms with Gasteiger partial charge >= 0.3 is 5.97 Å². The molecule has 1 fully saturated rings. The third-order valence-electron chi connectivity index (χ3n) is 9.18. The van der Waals surface area contributed by atoms with Crippen molar-refractivity contribution < 1.29 is 14.6 Å². The quantitative estimate of drug-likeness (QED) is 0.679. The first-order valence-electron chi connectivity index (χ1n) is 10.8. The number of aliphatic hydroxyl groups excluding tert-OH is 1. The number of ether oxygens (including phenoxy) is 1. The zero-order valence-electron chi connectivity index (χ0n) is 17.7. The van der Waals surface area contributed by atoms with Crippen LogP contribution in [-0.4, -0.2) is 24.3 Å². The first-order chi connectivity index (χ1) is 12.6. The van der Waals surface area contributed by atoms with Crippen LogP contribution >= 0.6 is 0 Å². The van der Waals surface area contributed by atoms with Crippen molar-refractivity contribution in [2.24, 2.45) is 28.1 Å². The van der Waals surface area contributed by atoms with Gasteiger partial charge in [-0.15, -0.1) is 0 Å². The highest BCUT2D eigenvalue weighted by molar-refractivity contribution is 5.70. The van der Waals surface area contributed by atoms with E-state index in [2.05, 4.69) is 33.8 Å². The van der Waals surface area contributed by atoms with Gasteiger partial charge in [0.15, 0.2) is 0 Å². The fourth-order valence-corrected chi connectivity index (χ4v) is 7.36. The Morgan fingerprint density at radius 3 is 2.59 bits per heavy atom. The topological polar surface area (TPSA) is 46.5 Å². The van der Waals surface area contributed by atoms with Crippen LogP contribution in [0.1, 0.15) is 79.1 Å². The van der Waals surface area contributed by atoms with Crippen molar-refractivity contribution in [3.63, 3.8) is 0 Å². The van der Waals surface area contributed by atoms with E-state index < -0.39 is 0 Å². The van der Waals surface area contributed by atoms with Crippen LogP contribution in [-0.2, 0) is 9.53 Å². The maximum Gasteiger partial charge on any atom is 0.305 e. The molecule has 0 aromatic rings. The molecule has 0 aromatic carbocycles. The summed E-state index contributed by atoms with van der Waals surface area (Å²) in [5.74, 6) is 0.864. The lowest BCUT2D eigenvalue weighted by Gasteiger charge is -2.59. The van der Waals surface area contributed by atoms with Crippen LogP contribution in [0.4, 0.5) is 0 Å². The number of aliphatic hydroxyl groups is 1. The van der Waals surface area contributed by atoms with Gasteiger partial charge < -0.3 is 9.84 Å². The van der Waals surface area contributed by atoms with E-state index >= 15 is 0 Å². The number of rotatable bonds is 2. The van der Waals surface area contributed by atoms with Crippen molar-refractivity contribution >= 4 is 5.97 Å². The molecule has 5 atom stereocenters. The standard InChI is InChI=1S/C24H36O3/c1-22(2)19-9-7-16-17-8-6-15(14-21(26)27-5)23(17,3)12-10-18(16)24(19,4)13-11-20(22)25/h8,15,19-20,25H,6-7,9-14H2,1-5H3/t15-,19+,20+,23-,24-/m1/s1. The van der Waals surface area contributed by atoms with Crippen molar-refractivity contribution in [1.29, 1.82) is 0 Å². The van der Waals surface area contributed by atoms with Crippen molar-refractivity contribution in [3.8, 4) is 0 Å². The monoisotopic (exact) mass is 372 g/mol. The van der Waals surface area contributed by atoms with Crippen LogP contribution < -0.4 is 0 Å². The molecule has 1 N–H and O–H groups in total. The number of carbonyl (C=O) groups is 1. The maximum atomic E-state index is 11.9. The SMILES string of the molecule is COC(=O)C[C@H]1CC=C2C3=C(CC[C@@]21C)[C@@]1(C)CC[C@H](O)C(C)(C)[C@@H]1CC3. The largest absolute Gasteiger partial charge is 0.469 e. The third kappa shape index (κ3) is 2.60. The second-order valence-electron chi connectivity index (χ2n) is 10.6. The first-order valence-corrected chi connectivity index (χ1v) is 10.8. The molecule has 0 aromatic heterocycles. The Morgan fingerprint density at radius 2 is 1.89 bits per heavy atom. The average Bonchev–Trinajstić information content (AvgIpc) is 2.95. The molecule has 0 saturated heterocycles. The van der Waals surface area contributed by atoms with Gasteiger partial charge in [-0.3, -0.25) is 4.79 Å². The number of esters is 1. The number of carbonyl (C=O) groups excluding carboxylic acids is 1. The number of fused-ring (bicyclic) bond motifs is 4. The highest BCUT2D eigenvalue weighted by Gasteiger charge is 2.57. The molecule has 3 heteroatoms. The highest BCUT2D eigenvalue weighted by atomic mass is 16.5. The summed E-state index contributed by atoms with van der Waals surface area (Å²) in [6.07, 6.45) is 10.4. The second kappa shape index (κ2) is 6.20. The molecule has 4 aliphatic rings. The fraction of sp³-hybridized carbons (Fsp3) is 0.792. The molecule has 4 aliphatic carbocycles. The fourth-order valence-electron chi connectivity index (χ4n) is 7.36. The molecule has 0 radical (unpaired) electrons. The predicted octanol–water partition coefficient (Wildman–Crippen LogP) is 5.19. The molecule has 1 saturated carbocycles. The van der Waals surface area contributed by atoms with E-state index in [-0.39, 0.29) is 28.3 Å². The Labute approximate surface area is 164 Å². The Morgan fingerprint density at radius 1 is 1.15 bits per heavy atom. The molecule has 150 valence electrons. The summed E-state index contributed by atoms with van der Waals surface area (Å²) in [4.78, 5) is 11.9. The second-order valence-corrected chi connectivity index (χ2v) is 10.6. The Balaban J connectivity index is 1.69. The average molecular weight is 373 g/mol. The van der Waals surface area contributed by atoms with E-state index in [1.807, 2.05) is 0 Å². The zero-order chi connectivity index (χ0) is 19.6. The van der Waals surface area contributed by atoms with Crippen LogP contribution in [0.15, 0.2) is 22.8 Å². The van der Waals surface area contributed by atoms with Crippen molar-refractivity contribution in [1.82, 2.24) is 0 Å². The number of methoxy groups -OCH3 is 1. The minimum Gasteiger partial charge on any atom is -0.469 e. The van der Waals surface area contributed by atoms with E-state index in [1.54, 1.807) is 16.7 Å². The van der Waals surface area contributed by atoms with Gasteiger partial charge in [0.2, 0.25) is 0 Å². The van der Waals surface area contributed by atoms with Gasteiger partial charge in [-0.1, -0.05) is 39.3 Å². The lowest BCUT2D eigenvalue weighted by atomic mass is 9.46. The van der Waals surface area contributed by atoms with Crippen molar-refractivity contribution in [2.75, 3.05) is 7.11 Å². The van der Waals surface area contributed by atoms with Crippen LogP contribution in [0.3, 0.4) is 0 Å². The smallest absolute Gasteiger partial charge is 0.305 e. The summed E-state index contributed by atoms with van der Waals surface area (Å²) in [7, 11) is 1.50. The Hall–Kier alpha value is -1.09. The van der Waals surface area contributed by atoms with Gasteiger partial charge in [-0.2, -0.15) is 0 Å². The molecule has 0 amide bonds. The van der Waals surface area contributed by atoms with Crippen molar-refractivity contribution in [2.45, 2.75) is 85.2 Å². The van der Waals surface area contributed by atoms with Crippen LogP contribution in [0.2, 0.25) is 0 Å². The van der Waals surface area contributed by atoms with Crippen LogP contribution in [0, 0.1) is 28.1 Å². The summed E-state index contributed by atoms with van der Waals surface area (Å²) in [6, 6.07) is 0. The number of allylic oxidation sites excluding steroid dienone is 4. The molecule has 27 heavy (non-hydrogen) atoms. The lowest BCUT2D eigenvalue weighted by Crippen LogP contribution is -2.53. The molecule has 3 nitrogen and oxygen atoms in total. The molecule has 0 aliphatic heterocycles. The molecule has 0 unspecified atom stereocenters. The van der Waals surface area contributed by atoms with Gasteiger partial charge in [-0.05, 0) is 84.2 Å². The lowest BCUT2D eigenvalue weighted by molar-refractivity contribution is -0.142. The summed E-state index contributed by atoms with van der Waals surface area (Å²) in [5.41, 5.74) is 5.17. The van der Waals surface area contributed by atoms with E-state index in [0.717, 1.165) is 38.5 Å². The van der Waals surface area contributed by atoms with E-state index in [4.69, 9.17) is 4.74 Å². The Kier molecular flexibility index (Phi) is 4.42. The van der Waals surface area contributed by atoms with Gasteiger partial charge in [0, 0.05) is 6.42 Å². The number of hydrogen-bond donors (Lipinski definition) is 1.